The largest absolute Gasteiger partial charge is 0.497 e. The maximum atomic E-state index is 5.30. The molecule has 0 N–H and O–H groups in total. The van der Waals surface area contributed by atoms with Crippen molar-refractivity contribution in [2.45, 2.75) is 37.1 Å². The minimum Gasteiger partial charge on any atom is -0.497 e. The maximum Gasteiger partial charge on any atom is 0.191 e. The second-order valence-electron chi connectivity index (χ2n) is 6.90. The molecule has 0 radical (unpaired) electrons. The zero-order valence-corrected chi connectivity index (χ0v) is 17.0. The Bertz CT molecular complexity index is 916. The number of rotatable bonds is 5. The highest BCUT2D eigenvalue weighted by Crippen LogP contribution is 2.38. The number of benzene rings is 1. The second kappa shape index (κ2) is 7.45. The van der Waals surface area contributed by atoms with Gasteiger partial charge in [0.05, 0.1) is 7.11 Å². The van der Waals surface area contributed by atoms with Crippen LogP contribution in [0.25, 0.3) is 11.4 Å². The molecule has 0 fully saturated rings. The monoisotopic (exact) mass is 385 g/mol. The summed E-state index contributed by atoms with van der Waals surface area (Å²) in [6.07, 6.45) is 3.63. The minimum absolute atomic E-state index is 0.794. The molecule has 136 valence electrons. The normalized spacial score (nSPS) is 16.5. The summed E-state index contributed by atoms with van der Waals surface area (Å²) in [5, 5.41) is 12.2. The molecule has 4 nitrogen and oxygen atoms in total. The number of methoxy groups -OCH3 is 1. The van der Waals surface area contributed by atoms with Crippen molar-refractivity contribution in [2.24, 2.45) is 13.0 Å². The van der Waals surface area contributed by atoms with E-state index in [9.17, 15) is 0 Å². The van der Waals surface area contributed by atoms with Crippen LogP contribution in [-0.4, -0.2) is 21.9 Å². The van der Waals surface area contributed by atoms with Crippen molar-refractivity contribution >= 4 is 23.1 Å². The van der Waals surface area contributed by atoms with Crippen LogP contribution in [0.5, 0.6) is 5.75 Å². The molecule has 26 heavy (non-hydrogen) atoms. The van der Waals surface area contributed by atoms with E-state index in [4.69, 9.17) is 4.74 Å². The highest BCUT2D eigenvalue weighted by atomic mass is 32.2. The van der Waals surface area contributed by atoms with Crippen molar-refractivity contribution in [1.82, 2.24) is 14.8 Å². The summed E-state index contributed by atoms with van der Waals surface area (Å²) in [5.74, 6) is 3.52. The summed E-state index contributed by atoms with van der Waals surface area (Å²) in [4.78, 5) is 1.53. The van der Waals surface area contributed by atoms with Crippen molar-refractivity contribution in [3.63, 3.8) is 0 Å². The van der Waals surface area contributed by atoms with Crippen molar-refractivity contribution in [3.05, 3.63) is 45.6 Å². The van der Waals surface area contributed by atoms with Crippen LogP contribution in [0.3, 0.4) is 0 Å². The van der Waals surface area contributed by atoms with Crippen molar-refractivity contribution in [2.75, 3.05) is 7.11 Å². The van der Waals surface area contributed by atoms with Gasteiger partial charge in [-0.1, -0.05) is 30.8 Å². The van der Waals surface area contributed by atoms with Gasteiger partial charge in [-0.15, -0.1) is 21.5 Å². The number of fused-ring (bicyclic) bond motifs is 1. The Morgan fingerprint density at radius 3 is 3.08 bits per heavy atom. The van der Waals surface area contributed by atoms with Gasteiger partial charge in [0, 0.05) is 28.6 Å². The van der Waals surface area contributed by atoms with Gasteiger partial charge in [0.25, 0.3) is 0 Å². The van der Waals surface area contributed by atoms with Crippen LogP contribution in [0.1, 0.15) is 29.3 Å². The van der Waals surface area contributed by atoms with Gasteiger partial charge in [0.15, 0.2) is 11.0 Å². The first-order valence-corrected chi connectivity index (χ1v) is 10.8. The molecular weight excluding hydrogens is 362 g/mol. The lowest BCUT2D eigenvalue weighted by molar-refractivity contribution is 0.414. The molecule has 1 aliphatic rings. The molecule has 0 saturated carbocycles. The third-order valence-electron chi connectivity index (χ3n) is 4.98. The molecule has 4 rings (SSSR count). The lowest BCUT2D eigenvalue weighted by Crippen LogP contribution is -2.09. The van der Waals surface area contributed by atoms with E-state index in [0.29, 0.717) is 0 Å². The van der Waals surface area contributed by atoms with E-state index in [1.165, 1.54) is 34.4 Å². The molecule has 0 spiro atoms. The third kappa shape index (κ3) is 3.40. The summed E-state index contributed by atoms with van der Waals surface area (Å²) >= 11 is 3.59. The summed E-state index contributed by atoms with van der Waals surface area (Å²) in [5.41, 5.74) is 3.99. The number of thioether (sulfide) groups is 1. The van der Waals surface area contributed by atoms with Crippen LogP contribution < -0.4 is 4.74 Å². The Labute approximate surface area is 162 Å². The van der Waals surface area contributed by atoms with Gasteiger partial charge in [-0.2, -0.15) is 0 Å². The molecule has 1 aliphatic carbocycles. The smallest absolute Gasteiger partial charge is 0.191 e. The highest BCUT2D eigenvalue weighted by Gasteiger charge is 2.23. The van der Waals surface area contributed by atoms with Gasteiger partial charge in [-0.3, -0.25) is 0 Å². The number of ether oxygens (including phenoxy) is 1. The van der Waals surface area contributed by atoms with Crippen molar-refractivity contribution in [1.29, 1.82) is 0 Å². The Morgan fingerprint density at radius 1 is 1.35 bits per heavy atom. The molecule has 0 amide bonds. The first-order valence-electron chi connectivity index (χ1n) is 8.90. The van der Waals surface area contributed by atoms with Crippen LogP contribution in [0.2, 0.25) is 0 Å². The second-order valence-corrected chi connectivity index (χ2v) is 8.81. The maximum absolute atomic E-state index is 5.30. The molecule has 0 saturated heterocycles. The quantitative estimate of drug-likeness (QED) is 0.582. The Kier molecular flexibility index (Phi) is 5.05. The minimum atomic E-state index is 0.794. The van der Waals surface area contributed by atoms with Crippen molar-refractivity contribution in [3.8, 4) is 17.1 Å². The van der Waals surface area contributed by atoms with E-state index >= 15 is 0 Å². The average molecular weight is 386 g/mol. The molecule has 2 heterocycles. The number of hydrogen-bond acceptors (Lipinski definition) is 5. The topological polar surface area (TPSA) is 39.9 Å². The fourth-order valence-corrected chi connectivity index (χ4v) is 5.55. The fraction of sp³-hybridized carbons (Fsp3) is 0.400. The molecule has 1 unspecified atom stereocenters. The summed E-state index contributed by atoms with van der Waals surface area (Å²) in [6.45, 7) is 2.35. The zero-order valence-electron chi connectivity index (χ0n) is 15.4. The molecular formula is C20H23N3OS2. The SMILES string of the molecule is COc1cccc(CSc2nnc(-c3csc4c3CCC(C)C4)n2C)c1. The van der Waals surface area contributed by atoms with Crippen LogP contribution in [-0.2, 0) is 25.6 Å². The van der Waals surface area contributed by atoms with E-state index in [2.05, 4.69) is 46.2 Å². The average Bonchev–Trinajstić information content (AvgIpc) is 3.23. The van der Waals surface area contributed by atoms with Gasteiger partial charge in [0.2, 0.25) is 0 Å². The lowest BCUT2D eigenvalue weighted by Gasteiger charge is -2.18. The Morgan fingerprint density at radius 2 is 2.23 bits per heavy atom. The van der Waals surface area contributed by atoms with Crippen LogP contribution in [0, 0.1) is 5.92 Å². The summed E-state index contributed by atoms with van der Waals surface area (Å²) in [6, 6.07) is 8.18. The fourth-order valence-electron chi connectivity index (χ4n) is 3.45. The number of aromatic nitrogens is 3. The standard InChI is InChI=1S/C20H23N3OS2/c1-13-7-8-16-17(12-25-18(16)9-13)19-21-22-20(23(19)2)26-11-14-5-4-6-15(10-14)24-3/h4-6,10,12-13H,7-9,11H2,1-3H3. The molecule has 6 heteroatoms. The van der Waals surface area contributed by atoms with E-state index < -0.39 is 0 Å². The van der Waals surface area contributed by atoms with Gasteiger partial charge in [0.1, 0.15) is 5.75 Å². The summed E-state index contributed by atoms with van der Waals surface area (Å²) in [7, 11) is 3.77. The van der Waals surface area contributed by atoms with Gasteiger partial charge in [-0.05, 0) is 48.4 Å². The lowest BCUT2D eigenvalue weighted by atomic mass is 9.88. The Balaban J connectivity index is 1.53. The zero-order chi connectivity index (χ0) is 18.1. The first-order chi connectivity index (χ1) is 12.7. The number of hydrogen-bond donors (Lipinski definition) is 0. The van der Waals surface area contributed by atoms with Crippen molar-refractivity contribution < 1.29 is 4.74 Å². The van der Waals surface area contributed by atoms with Crippen LogP contribution in [0.15, 0.2) is 34.8 Å². The predicted octanol–water partition coefficient (Wildman–Crippen LogP) is 4.97. The summed E-state index contributed by atoms with van der Waals surface area (Å²) < 4.78 is 7.43. The number of thiophene rings is 1. The molecule has 1 aromatic carbocycles. The van der Waals surface area contributed by atoms with Gasteiger partial charge >= 0.3 is 0 Å². The van der Waals surface area contributed by atoms with Crippen LogP contribution >= 0.6 is 23.1 Å². The van der Waals surface area contributed by atoms with E-state index in [1.54, 1.807) is 18.9 Å². The predicted molar refractivity (Wildman–Crippen MR) is 108 cm³/mol. The first kappa shape index (κ1) is 17.6. The molecule has 0 bridgehead atoms. The number of nitrogens with zero attached hydrogens (tertiary/aromatic N) is 3. The van der Waals surface area contributed by atoms with Gasteiger partial charge in [-0.25, -0.2) is 0 Å². The van der Waals surface area contributed by atoms with Gasteiger partial charge < -0.3 is 9.30 Å². The van der Waals surface area contributed by atoms with E-state index in [0.717, 1.165) is 34.8 Å². The van der Waals surface area contributed by atoms with E-state index in [-0.39, 0.29) is 0 Å². The van der Waals surface area contributed by atoms with Crippen LogP contribution in [0.4, 0.5) is 0 Å². The molecule has 0 aliphatic heterocycles. The third-order valence-corrected chi connectivity index (χ3v) is 7.12. The highest BCUT2D eigenvalue weighted by molar-refractivity contribution is 7.98. The molecule has 3 aromatic rings. The molecule has 1 atom stereocenters. The van der Waals surface area contributed by atoms with E-state index in [1.807, 2.05) is 23.5 Å². The molecule has 2 aromatic heterocycles. The Hall–Kier alpha value is -1.79.